The van der Waals surface area contributed by atoms with Crippen LogP contribution in [0.2, 0.25) is 0 Å². The van der Waals surface area contributed by atoms with Crippen LogP contribution in [0.15, 0.2) is 30.7 Å². The van der Waals surface area contributed by atoms with E-state index in [9.17, 15) is 22.8 Å². The number of fused-ring (bicyclic) bond motifs is 1. The van der Waals surface area contributed by atoms with Crippen molar-refractivity contribution >= 4 is 34.2 Å². The second-order valence-electron chi connectivity index (χ2n) is 8.25. The second kappa shape index (κ2) is 10.8. The van der Waals surface area contributed by atoms with Crippen molar-refractivity contribution in [1.82, 2.24) is 24.6 Å². The largest absolute Gasteiger partial charge is 0.417 e. The summed E-state index contributed by atoms with van der Waals surface area (Å²) < 4.78 is 45.8. The summed E-state index contributed by atoms with van der Waals surface area (Å²) in [6, 6.07) is 1.29. The van der Waals surface area contributed by atoms with E-state index in [1.54, 1.807) is 11.6 Å². The monoisotopic (exact) mass is 554 g/mol. The molecule has 0 aliphatic carbocycles. The van der Waals surface area contributed by atoms with Gasteiger partial charge in [-0.05, 0) is 38.3 Å². The normalized spacial score (nSPS) is 16.8. The van der Waals surface area contributed by atoms with Crippen molar-refractivity contribution < 1.29 is 44.6 Å². The summed E-state index contributed by atoms with van der Waals surface area (Å²) in [6.07, 6.45) is 1.30. The number of nitrogens with zero attached hydrogens (tertiary/aromatic N) is 5. The van der Waals surface area contributed by atoms with Gasteiger partial charge in [0.2, 0.25) is 0 Å². The number of nitrogens with two attached hydrogens (primary N) is 1. The van der Waals surface area contributed by atoms with Gasteiger partial charge in [-0.3, -0.25) is 14.6 Å². The first-order valence-corrected chi connectivity index (χ1v) is 10.9. The Kier molecular flexibility index (Phi) is 8.22. The first kappa shape index (κ1) is 27.4. The van der Waals surface area contributed by atoms with E-state index in [2.05, 4.69) is 20.4 Å². The quantitative estimate of drug-likeness (QED) is 0.374. The van der Waals surface area contributed by atoms with Crippen LogP contribution >= 0.6 is 0 Å². The fraction of sp³-hybridized carbons (Fsp3) is 0.409. The summed E-state index contributed by atoms with van der Waals surface area (Å²) in [5, 5.41) is 7.42. The molecule has 4 heterocycles. The summed E-state index contributed by atoms with van der Waals surface area (Å²) in [5.74, 6) is -1.66. The summed E-state index contributed by atoms with van der Waals surface area (Å²) in [6.45, 7) is 2.13. The summed E-state index contributed by atoms with van der Waals surface area (Å²) in [7, 11) is 1.36. The molecule has 0 aromatic carbocycles. The molecule has 3 aromatic heterocycles. The van der Waals surface area contributed by atoms with Crippen molar-refractivity contribution in [3.8, 4) is 0 Å². The summed E-state index contributed by atoms with van der Waals surface area (Å²) in [4.78, 5) is 34.6. The van der Waals surface area contributed by atoms with Gasteiger partial charge < -0.3 is 20.7 Å². The van der Waals surface area contributed by atoms with E-state index in [0.29, 0.717) is 23.7 Å². The van der Waals surface area contributed by atoms with Gasteiger partial charge in [-0.25, -0.2) is 9.67 Å². The molecule has 1 radical (unpaired) electrons. The molecule has 14 heteroatoms. The van der Waals surface area contributed by atoms with Crippen LogP contribution in [-0.2, 0) is 37.6 Å². The van der Waals surface area contributed by atoms with Crippen LogP contribution in [0.25, 0.3) is 10.9 Å². The molecular formula is C22H24CuF3N7O3. The molecule has 10 nitrogen and oxygen atoms in total. The standard InChI is InChI=1S/C22H24F3N7O3.Cu/c1-12(15-7-6-13(9-27-15)22(23,24)25)31(2)21(34)20(33)30-16-11-28-19(26)14-10-29-32(18(14)16)17-5-3-4-8-35-17;/h6-7,9-12,17H,3-5,8H2,1-2H3,(H2,26,28)(H,30,33);/t12-,17?;/m1./s1. The van der Waals surface area contributed by atoms with Crippen LogP contribution in [-0.4, -0.2) is 50.1 Å². The predicted octanol–water partition coefficient (Wildman–Crippen LogP) is 3.28. The van der Waals surface area contributed by atoms with Crippen molar-refractivity contribution in [3.63, 3.8) is 0 Å². The van der Waals surface area contributed by atoms with Gasteiger partial charge >= 0.3 is 18.0 Å². The zero-order chi connectivity index (χ0) is 25.3. The van der Waals surface area contributed by atoms with Gasteiger partial charge in [0.1, 0.15) is 11.3 Å². The number of hydrogen-bond acceptors (Lipinski definition) is 7. The van der Waals surface area contributed by atoms with E-state index in [1.807, 2.05) is 0 Å². The number of nitrogens with one attached hydrogen (secondary N) is 1. The minimum Gasteiger partial charge on any atom is -0.383 e. The zero-order valence-electron chi connectivity index (χ0n) is 19.3. The molecular weight excluding hydrogens is 531 g/mol. The molecule has 0 saturated carbocycles. The van der Waals surface area contributed by atoms with Gasteiger partial charge in [-0.2, -0.15) is 18.3 Å². The Morgan fingerprint density at radius 2 is 1.97 bits per heavy atom. The van der Waals surface area contributed by atoms with E-state index in [-0.39, 0.29) is 40.5 Å². The minimum absolute atomic E-state index is 0. The average Bonchev–Trinajstić information content (AvgIpc) is 3.31. The maximum absolute atomic E-state index is 12.8. The Morgan fingerprint density at radius 1 is 1.22 bits per heavy atom. The minimum atomic E-state index is -4.52. The molecule has 3 aromatic rings. The molecule has 4 rings (SSSR count). The number of aromatic nitrogens is 4. The number of anilines is 2. The third-order valence-corrected chi connectivity index (χ3v) is 5.97. The fourth-order valence-electron chi connectivity index (χ4n) is 3.84. The maximum Gasteiger partial charge on any atom is 0.417 e. The number of halogens is 3. The molecule has 2 atom stereocenters. The molecule has 1 fully saturated rings. The molecule has 0 bridgehead atoms. The predicted molar refractivity (Wildman–Crippen MR) is 120 cm³/mol. The molecule has 1 aliphatic heterocycles. The molecule has 0 spiro atoms. The van der Waals surface area contributed by atoms with E-state index < -0.39 is 29.6 Å². The van der Waals surface area contributed by atoms with Gasteiger partial charge in [0.25, 0.3) is 0 Å². The number of alkyl halides is 3. The van der Waals surface area contributed by atoms with E-state index >= 15 is 0 Å². The Labute approximate surface area is 214 Å². The SMILES string of the molecule is C[C@H](c1ccc(C(F)(F)F)cn1)N(C)C(=O)C(=O)Nc1cnc(N)c2cnn(C3CCCCO3)c12.[Cu]. The van der Waals surface area contributed by atoms with Crippen LogP contribution < -0.4 is 11.1 Å². The molecule has 1 unspecified atom stereocenters. The van der Waals surface area contributed by atoms with Gasteiger partial charge in [0.05, 0.1) is 40.8 Å². The molecule has 1 aliphatic rings. The molecule has 36 heavy (non-hydrogen) atoms. The summed E-state index contributed by atoms with van der Waals surface area (Å²) in [5.41, 5.74) is 5.98. The number of pyridine rings is 2. The number of rotatable bonds is 4. The van der Waals surface area contributed by atoms with Gasteiger partial charge in [-0.1, -0.05) is 0 Å². The number of nitrogen functional groups attached to an aromatic ring is 1. The molecule has 1 saturated heterocycles. The van der Waals surface area contributed by atoms with Crippen LogP contribution in [0.3, 0.4) is 0 Å². The van der Waals surface area contributed by atoms with Gasteiger partial charge in [0.15, 0.2) is 6.23 Å². The fourth-order valence-corrected chi connectivity index (χ4v) is 3.84. The first-order valence-electron chi connectivity index (χ1n) is 10.9. The van der Waals surface area contributed by atoms with Crippen LogP contribution in [0.4, 0.5) is 24.7 Å². The Hall–Kier alpha value is -3.22. The molecule has 3 N–H and O–H groups in total. The number of ether oxygens (including phenoxy) is 1. The van der Waals surface area contributed by atoms with Crippen molar-refractivity contribution in [2.45, 2.75) is 44.6 Å². The average molecular weight is 555 g/mol. The van der Waals surface area contributed by atoms with Crippen LogP contribution in [0.5, 0.6) is 0 Å². The first-order chi connectivity index (χ1) is 16.6. The third kappa shape index (κ3) is 5.45. The topological polar surface area (TPSA) is 128 Å². The van der Waals surface area contributed by atoms with Crippen LogP contribution in [0.1, 0.15) is 49.7 Å². The number of amides is 2. The zero-order valence-corrected chi connectivity index (χ0v) is 20.3. The number of likely N-dealkylation sites (N-methyl/N-ethyl adjacent to an activating group) is 1. The number of carbonyl (C=O) groups is 2. The second-order valence-corrected chi connectivity index (χ2v) is 8.25. The smallest absolute Gasteiger partial charge is 0.383 e. The van der Waals surface area contributed by atoms with E-state index in [1.165, 1.54) is 25.5 Å². The van der Waals surface area contributed by atoms with E-state index in [4.69, 9.17) is 10.5 Å². The summed E-state index contributed by atoms with van der Waals surface area (Å²) >= 11 is 0. The number of hydrogen-bond donors (Lipinski definition) is 2. The van der Waals surface area contributed by atoms with Gasteiger partial charge in [-0.15, -0.1) is 0 Å². The van der Waals surface area contributed by atoms with Gasteiger partial charge in [0, 0.05) is 36.9 Å². The van der Waals surface area contributed by atoms with Crippen molar-refractivity contribution in [2.24, 2.45) is 0 Å². The van der Waals surface area contributed by atoms with Crippen LogP contribution in [0, 0.1) is 0 Å². The molecule has 2 amide bonds. The molecule has 197 valence electrons. The Bertz CT molecular complexity index is 1240. The maximum atomic E-state index is 12.8. The van der Waals surface area contributed by atoms with Crippen molar-refractivity contribution in [2.75, 3.05) is 24.7 Å². The third-order valence-electron chi connectivity index (χ3n) is 5.97. The van der Waals surface area contributed by atoms with E-state index in [0.717, 1.165) is 30.2 Å². The Balaban J connectivity index is 0.00000361. The van der Waals surface area contributed by atoms with Crippen molar-refractivity contribution in [1.29, 1.82) is 0 Å². The number of carbonyl (C=O) groups excluding carboxylic acids is 2. The van der Waals surface area contributed by atoms with Crippen molar-refractivity contribution in [3.05, 3.63) is 42.0 Å². The Morgan fingerprint density at radius 3 is 2.58 bits per heavy atom.